The maximum atomic E-state index is 5.12. The van der Waals surface area contributed by atoms with Crippen LogP contribution in [0.5, 0.6) is 0 Å². The predicted octanol–water partition coefficient (Wildman–Crippen LogP) is 4.24. The van der Waals surface area contributed by atoms with Crippen LogP contribution in [-0.4, -0.2) is 52.0 Å². The fraction of sp³-hybridized carbons (Fsp3) is 0.684. The lowest BCUT2D eigenvalue weighted by Gasteiger charge is -2.29. The molecule has 6 heteroatoms. The molecule has 0 saturated carbocycles. The van der Waals surface area contributed by atoms with Crippen molar-refractivity contribution < 1.29 is 0 Å². The molecule has 4 rings (SSSR count). The average molecular weight is 377 g/mol. The van der Waals surface area contributed by atoms with Crippen LogP contribution in [0.4, 0.5) is 5.82 Å². The van der Waals surface area contributed by atoms with Gasteiger partial charge in [-0.3, -0.25) is 4.90 Å². The van der Waals surface area contributed by atoms with Gasteiger partial charge >= 0.3 is 0 Å². The molecule has 2 aromatic heterocycles. The van der Waals surface area contributed by atoms with Gasteiger partial charge in [0.2, 0.25) is 0 Å². The number of hydrogen-bond acceptors (Lipinski definition) is 6. The third-order valence-corrected chi connectivity index (χ3v) is 7.68. The summed E-state index contributed by atoms with van der Waals surface area (Å²) in [6, 6.07) is 0.548. The number of nitrogens with zero attached hydrogens (tertiary/aromatic N) is 4. The van der Waals surface area contributed by atoms with Crippen LogP contribution in [0.3, 0.4) is 0 Å². The molecule has 1 unspecified atom stereocenters. The number of fused-ring (bicyclic) bond motifs is 1. The number of thiophene rings is 1. The van der Waals surface area contributed by atoms with E-state index in [2.05, 4.69) is 42.3 Å². The van der Waals surface area contributed by atoms with Crippen molar-refractivity contribution in [2.75, 3.05) is 36.0 Å². The van der Waals surface area contributed by atoms with Crippen LogP contribution in [0.25, 0.3) is 10.2 Å². The minimum atomic E-state index is 0.548. The molecule has 1 atom stereocenters. The highest BCUT2D eigenvalue weighted by molar-refractivity contribution is 7.99. The van der Waals surface area contributed by atoms with Gasteiger partial charge < -0.3 is 4.90 Å². The molecule has 2 aliphatic rings. The Labute approximate surface area is 159 Å². The molecule has 0 bridgehead atoms. The lowest BCUT2D eigenvalue weighted by atomic mass is 10.1. The summed E-state index contributed by atoms with van der Waals surface area (Å²) in [5.41, 5.74) is 1.37. The smallest absolute Gasteiger partial charge is 0.146 e. The molecular formula is C19H28N4S2. The zero-order valence-corrected chi connectivity index (χ0v) is 17.2. The Hall–Kier alpha value is -0.850. The van der Waals surface area contributed by atoms with Gasteiger partial charge in [0.25, 0.3) is 0 Å². The first-order valence-electron chi connectivity index (χ1n) is 9.47. The van der Waals surface area contributed by atoms with Crippen molar-refractivity contribution >= 4 is 39.1 Å². The van der Waals surface area contributed by atoms with E-state index in [9.17, 15) is 0 Å². The van der Waals surface area contributed by atoms with Crippen LogP contribution in [0.2, 0.25) is 0 Å². The Morgan fingerprint density at radius 1 is 1.08 bits per heavy atom. The van der Waals surface area contributed by atoms with Gasteiger partial charge in [0.05, 0.1) is 11.9 Å². The number of anilines is 1. The molecular weight excluding hydrogens is 348 g/mol. The van der Waals surface area contributed by atoms with Crippen LogP contribution < -0.4 is 4.90 Å². The quantitative estimate of drug-likeness (QED) is 0.800. The Morgan fingerprint density at radius 3 is 2.68 bits per heavy atom. The normalized spacial score (nSPS) is 22.7. The highest BCUT2D eigenvalue weighted by atomic mass is 32.2. The molecule has 0 N–H and O–H groups in total. The highest BCUT2D eigenvalue weighted by Gasteiger charge is 2.25. The second-order valence-electron chi connectivity index (χ2n) is 7.35. The summed E-state index contributed by atoms with van der Waals surface area (Å²) in [6.07, 6.45) is 3.86. The van der Waals surface area contributed by atoms with E-state index in [1.54, 1.807) is 0 Å². The minimum Gasteiger partial charge on any atom is -0.352 e. The van der Waals surface area contributed by atoms with Gasteiger partial charge in [0, 0.05) is 23.2 Å². The van der Waals surface area contributed by atoms with Gasteiger partial charge in [0.15, 0.2) is 0 Å². The predicted molar refractivity (Wildman–Crippen MR) is 110 cm³/mol. The fourth-order valence-corrected chi connectivity index (χ4v) is 5.98. The van der Waals surface area contributed by atoms with Crippen LogP contribution >= 0.6 is 23.1 Å². The summed E-state index contributed by atoms with van der Waals surface area (Å²) in [5, 5.41) is 1.30. The van der Waals surface area contributed by atoms with Crippen molar-refractivity contribution in [3.8, 4) is 0 Å². The number of thioether (sulfide) groups is 1. The molecule has 2 aromatic rings. The first kappa shape index (κ1) is 17.6. The van der Waals surface area contributed by atoms with Crippen molar-refractivity contribution in [1.29, 1.82) is 0 Å². The maximum absolute atomic E-state index is 5.12. The van der Waals surface area contributed by atoms with Crippen molar-refractivity contribution in [3.05, 3.63) is 16.3 Å². The third-order valence-electron chi connectivity index (χ3n) is 5.58. The number of aromatic nitrogens is 2. The fourth-order valence-electron chi connectivity index (χ4n) is 3.90. The Morgan fingerprint density at radius 2 is 1.88 bits per heavy atom. The van der Waals surface area contributed by atoms with Crippen LogP contribution in [-0.2, 0) is 6.54 Å². The summed E-state index contributed by atoms with van der Waals surface area (Å²) >= 11 is 3.91. The van der Waals surface area contributed by atoms with E-state index in [0.717, 1.165) is 18.9 Å². The molecule has 0 aromatic carbocycles. The highest BCUT2D eigenvalue weighted by Crippen LogP contribution is 2.37. The average Bonchev–Trinajstić information content (AvgIpc) is 3.12. The maximum Gasteiger partial charge on any atom is 0.146 e. The van der Waals surface area contributed by atoms with Crippen LogP contribution in [0, 0.1) is 13.8 Å². The Bertz CT molecular complexity index is 751. The zero-order chi connectivity index (χ0) is 17.4. The first-order chi connectivity index (χ1) is 12.1. The lowest BCUT2D eigenvalue weighted by Crippen LogP contribution is -2.35. The van der Waals surface area contributed by atoms with Crippen LogP contribution in [0.1, 0.15) is 42.5 Å². The number of hydrogen-bond donors (Lipinski definition) is 0. The van der Waals surface area contributed by atoms with Gasteiger partial charge in [-0.1, -0.05) is 0 Å². The van der Waals surface area contributed by atoms with E-state index in [-0.39, 0.29) is 0 Å². The van der Waals surface area contributed by atoms with Gasteiger partial charge in [-0.15, -0.1) is 11.3 Å². The third kappa shape index (κ3) is 3.53. The van der Waals surface area contributed by atoms with E-state index in [1.165, 1.54) is 70.3 Å². The molecule has 2 saturated heterocycles. The van der Waals surface area contributed by atoms with Crippen molar-refractivity contribution in [2.45, 2.75) is 52.6 Å². The van der Waals surface area contributed by atoms with Gasteiger partial charge in [0.1, 0.15) is 16.5 Å². The molecule has 0 aliphatic carbocycles. The summed E-state index contributed by atoms with van der Waals surface area (Å²) < 4.78 is 0. The van der Waals surface area contributed by atoms with E-state index in [0.29, 0.717) is 6.04 Å². The van der Waals surface area contributed by atoms with E-state index < -0.39 is 0 Å². The molecule has 0 amide bonds. The van der Waals surface area contributed by atoms with Gasteiger partial charge in [-0.25, -0.2) is 9.97 Å². The van der Waals surface area contributed by atoms with Gasteiger partial charge in [-0.05, 0) is 64.4 Å². The van der Waals surface area contributed by atoms with Crippen molar-refractivity contribution in [1.82, 2.24) is 14.9 Å². The summed E-state index contributed by atoms with van der Waals surface area (Å²) in [7, 11) is 0. The summed E-state index contributed by atoms with van der Waals surface area (Å²) in [4.78, 5) is 17.7. The van der Waals surface area contributed by atoms with Crippen molar-refractivity contribution in [2.24, 2.45) is 0 Å². The summed E-state index contributed by atoms with van der Waals surface area (Å²) in [5.74, 6) is 4.65. The van der Waals surface area contributed by atoms with E-state index >= 15 is 0 Å². The molecule has 2 fully saturated rings. The number of likely N-dealkylation sites (tertiary alicyclic amines) is 1. The lowest BCUT2D eigenvalue weighted by molar-refractivity contribution is 0.323. The molecule has 0 spiro atoms. The minimum absolute atomic E-state index is 0.548. The first-order valence-corrected chi connectivity index (χ1v) is 11.4. The van der Waals surface area contributed by atoms with Gasteiger partial charge in [-0.2, -0.15) is 11.8 Å². The summed E-state index contributed by atoms with van der Waals surface area (Å²) in [6.45, 7) is 11.2. The van der Waals surface area contributed by atoms with E-state index in [1.807, 2.05) is 11.3 Å². The molecule has 2 aliphatic heterocycles. The topological polar surface area (TPSA) is 32.3 Å². The SMILES string of the molecule is Cc1sc2nc(CN3CCCC3)nc(N3CCSCCC3C)c2c1C. The molecule has 0 radical (unpaired) electrons. The van der Waals surface area contributed by atoms with Crippen LogP contribution in [0.15, 0.2) is 0 Å². The molecule has 25 heavy (non-hydrogen) atoms. The molecule has 136 valence electrons. The van der Waals surface area contributed by atoms with Crippen molar-refractivity contribution in [3.63, 3.8) is 0 Å². The molecule has 4 nitrogen and oxygen atoms in total. The largest absolute Gasteiger partial charge is 0.352 e. The zero-order valence-electron chi connectivity index (χ0n) is 15.5. The second kappa shape index (κ2) is 7.41. The second-order valence-corrected chi connectivity index (χ2v) is 9.78. The number of rotatable bonds is 3. The number of aryl methyl sites for hydroxylation is 2. The Kier molecular flexibility index (Phi) is 5.20. The molecule has 4 heterocycles. The monoisotopic (exact) mass is 376 g/mol. The van der Waals surface area contributed by atoms with E-state index in [4.69, 9.17) is 9.97 Å². The Balaban J connectivity index is 1.78. The standard InChI is InChI=1S/C19H28N4S2/c1-13-6-10-24-11-9-23(13)18-17-14(2)15(3)25-19(17)21-16(20-18)12-22-7-4-5-8-22/h13H,4-12H2,1-3H3.